The van der Waals surface area contributed by atoms with Crippen molar-refractivity contribution in [2.75, 3.05) is 4.90 Å². The van der Waals surface area contributed by atoms with Crippen LogP contribution in [-0.4, -0.2) is 11.7 Å². The smallest absolute Gasteiger partial charge is 0.232 e. The molecule has 0 saturated carbocycles. The molecule has 1 aliphatic heterocycles. The van der Waals surface area contributed by atoms with Gasteiger partial charge in [-0.25, -0.2) is 0 Å². The zero-order valence-electron chi connectivity index (χ0n) is 14.7. The summed E-state index contributed by atoms with van der Waals surface area (Å²) in [4.78, 5) is 27.7. The lowest BCUT2D eigenvalue weighted by atomic mass is 9.77. The number of rotatable bonds is 2. The summed E-state index contributed by atoms with van der Waals surface area (Å²) < 4.78 is 0.924. The summed E-state index contributed by atoms with van der Waals surface area (Å²) in [5.41, 5.74) is 4.77. The van der Waals surface area contributed by atoms with Crippen LogP contribution in [0.15, 0.2) is 64.3 Å². The second-order valence-electron chi connectivity index (χ2n) is 7.02. The van der Waals surface area contributed by atoms with E-state index >= 15 is 0 Å². The van der Waals surface area contributed by atoms with E-state index in [1.54, 1.807) is 4.90 Å². The minimum absolute atomic E-state index is 0.0584. The number of Topliss-reactive ketones (excluding diaryl/α,β-unsaturated/α-hetero) is 1. The number of anilines is 1. The summed E-state index contributed by atoms with van der Waals surface area (Å²) in [7, 11) is 0. The summed E-state index contributed by atoms with van der Waals surface area (Å²) in [6, 6.07) is 15.9. The van der Waals surface area contributed by atoms with Gasteiger partial charge in [0.25, 0.3) is 0 Å². The number of amides is 1. The number of benzene rings is 2. The topological polar surface area (TPSA) is 37.4 Å². The zero-order valence-corrected chi connectivity index (χ0v) is 16.3. The predicted molar refractivity (Wildman–Crippen MR) is 106 cm³/mol. The zero-order chi connectivity index (χ0) is 18.3. The fourth-order valence-corrected chi connectivity index (χ4v) is 4.47. The molecule has 1 aliphatic carbocycles. The van der Waals surface area contributed by atoms with Crippen LogP contribution in [0.25, 0.3) is 0 Å². The van der Waals surface area contributed by atoms with E-state index in [2.05, 4.69) is 22.0 Å². The van der Waals surface area contributed by atoms with Gasteiger partial charge in [-0.05, 0) is 43.5 Å². The summed E-state index contributed by atoms with van der Waals surface area (Å²) in [5.74, 6) is 0.113. The molecular weight excluding hydrogens is 390 g/mol. The second kappa shape index (κ2) is 6.84. The highest BCUT2D eigenvalue weighted by Crippen LogP contribution is 2.43. The Balaban J connectivity index is 1.87. The molecule has 2 aliphatic rings. The second-order valence-corrected chi connectivity index (χ2v) is 7.93. The number of ketones is 1. The molecule has 4 heteroatoms. The van der Waals surface area contributed by atoms with Crippen LogP contribution in [0.3, 0.4) is 0 Å². The highest BCUT2D eigenvalue weighted by atomic mass is 79.9. The van der Waals surface area contributed by atoms with Gasteiger partial charge in [-0.3, -0.25) is 14.5 Å². The first-order valence-corrected chi connectivity index (χ1v) is 9.75. The van der Waals surface area contributed by atoms with E-state index in [-0.39, 0.29) is 17.6 Å². The third kappa shape index (κ3) is 3.03. The molecule has 2 aromatic rings. The van der Waals surface area contributed by atoms with Crippen LogP contribution in [0, 0.1) is 6.92 Å². The lowest BCUT2D eigenvalue weighted by molar-refractivity contribution is -0.119. The number of carbonyl (C=O) groups is 2. The molecule has 0 N–H and O–H groups in total. The van der Waals surface area contributed by atoms with Gasteiger partial charge in [-0.15, -0.1) is 0 Å². The van der Waals surface area contributed by atoms with Crippen molar-refractivity contribution in [3.63, 3.8) is 0 Å². The maximum Gasteiger partial charge on any atom is 0.232 e. The number of hydrogen-bond donors (Lipinski definition) is 0. The summed E-state index contributed by atoms with van der Waals surface area (Å²) in [6.07, 6.45) is 2.47. The third-order valence-corrected chi connectivity index (χ3v) is 5.68. The number of hydrogen-bond acceptors (Lipinski definition) is 2. The van der Waals surface area contributed by atoms with Crippen LogP contribution in [0.1, 0.15) is 42.7 Å². The van der Waals surface area contributed by atoms with E-state index in [4.69, 9.17) is 0 Å². The molecule has 0 saturated heterocycles. The molecule has 26 heavy (non-hydrogen) atoms. The van der Waals surface area contributed by atoms with Crippen LogP contribution in [0.4, 0.5) is 5.69 Å². The highest BCUT2D eigenvalue weighted by Gasteiger charge is 2.39. The maximum atomic E-state index is 13.1. The summed E-state index contributed by atoms with van der Waals surface area (Å²) in [6.45, 7) is 2.04. The van der Waals surface area contributed by atoms with E-state index < -0.39 is 0 Å². The van der Waals surface area contributed by atoms with Gasteiger partial charge >= 0.3 is 0 Å². The Hall–Kier alpha value is -2.20. The quantitative estimate of drug-likeness (QED) is 0.675. The molecule has 0 spiro atoms. The van der Waals surface area contributed by atoms with E-state index in [1.807, 2.05) is 49.4 Å². The molecule has 1 atom stereocenters. The number of aryl methyl sites for hydroxylation is 1. The number of nitrogens with zero attached hydrogens (tertiary/aromatic N) is 1. The monoisotopic (exact) mass is 409 g/mol. The fourth-order valence-electron chi connectivity index (χ4n) is 4.08. The summed E-state index contributed by atoms with van der Waals surface area (Å²) in [5, 5.41) is 0. The van der Waals surface area contributed by atoms with Crippen molar-refractivity contribution in [2.24, 2.45) is 0 Å². The van der Waals surface area contributed by atoms with Crippen LogP contribution in [0.5, 0.6) is 0 Å². The van der Waals surface area contributed by atoms with Gasteiger partial charge < -0.3 is 0 Å². The minimum Gasteiger partial charge on any atom is -0.294 e. The van der Waals surface area contributed by atoms with Gasteiger partial charge in [0.15, 0.2) is 5.78 Å². The van der Waals surface area contributed by atoms with Gasteiger partial charge in [0.2, 0.25) is 5.91 Å². The van der Waals surface area contributed by atoms with Gasteiger partial charge in [-0.2, -0.15) is 0 Å². The normalized spacial score (nSPS) is 20.4. The van der Waals surface area contributed by atoms with Crippen LogP contribution in [-0.2, 0) is 9.59 Å². The van der Waals surface area contributed by atoms with Crippen molar-refractivity contribution < 1.29 is 9.59 Å². The largest absolute Gasteiger partial charge is 0.294 e. The van der Waals surface area contributed by atoms with E-state index in [9.17, 15) is 9.59 Å². The molecule has 0 radical (unpaired) electrons. The maximum absolute atomic E-state index is 13.1. The Kier molecular flexibility index (Phi) is 4.53. The molecule has 132 valence electrons. The average molecular weight is 410 g/mol. The molecule has 2 aromatic carbocycles. The van der Waals surface area contributed by atoms with Crippen LogP contribution in [0.2, 0.25) is 0 Å². The molecule has 0 fully saturated rings. The number of carbonyl (C=O) groups excluding carboxylic acids is 2. The van der Waals surface area contributed by atoms with Crippen molar-refractivity contribution in [1.82, 2.24) is 0 Å². The third-order valence-electron chi connectivity index (χ3n) is 5.19. The van der Waals surface area contributed by atoms with Crippen molar-refractivity contribution in [3.8, 4) is 0 Å². The van der Waals surface area contributed by atoms with Crippen molar-refractivity contribution >= 4 is 33.3 Å². The lowest BCUT2D eigenvalue weighted by Crippen LogP contribution is -2.40. The van der Waals surface area contributed by atoms with Crippen molar-refractivity contribution in [2.45, 2.75) is 38.5 Å². The van der Waals surface area contributed by atoms with Crippen molar-refractivity contribution in [1.29, 1.82) is 0 Å². The van der Waals surface area contributed by atoms with Crippen LogP contribution >= 0.6 is 15.9 Å². The van der Waals surface area contributed by atoms with E-state index in [0.29, 0.717) is 12.8 Å². The average Bonchev–Trinajstić information content (AvgIpc) is 2.61. The van der Waals surface area contributed by atoms with Gasteiger partial charge in [0.05, 0.1) is 0 Å². The molecule has 3 nitrogen and oxygen atoms in total. The molecule has 4 rings (SSSR count). The first kappa shape index (κ1) is 17.2. The molecule has 1 heterocycles. The standard InChI is InChI=1S/C22H20BrNO2/c1-14-5-2-6-15(11-14)18-13-21(26)24(17-8-3-7-16(23)12-17)19-9-4-10-20(25)22(18)19/h2-3,5-8,11-12,18H,4,9-10,13H2,1H3. The number of halogens is 1. The Morgan fingerprint density at radius 3 is 2.62 bits per heavy atom. The Labute approximate surface area is 161 Å². The predicted octanol–water partition coefficient (Wildman–Crippen LogP) is 5.29. The van der Waals surface area contributed by atoms with E-state index in [1.165, 1.54) is 0 Å². The van der Waals surface area contributed by atoms with Gasteiger partial charge in [-0.1, -0.05) is 51.8 Å². The summed E-state index contributed by atoms with van der Waals surface area (Å²) >= 11 is 3.48. The van der Waals surface area contributed by atoms with Gasteiger partial charge in [0, 0.05) is 40.2 Å². The van der Waals surface area contributed by atoms with Gasteiger partial charge in [0.1, 0.15) is 0 Å². The lowest BCUT2D eigenvalue weighted by Gasteiger charge is -2.38. The molecular formula is C22H20BrNO2. The first-order chi connectivity index (χ1) is 12.5. The van der Waals surface area contributed by atoms with E-state index in [0.717, 1.165) is 45.4 Å². The molecule has 1 amide bonds. The SMILES string of the molecule is Cc1cccc(C2CC(=O)N(c3cccc(Br)c3)C3=C2C(=O)CCC3)c1. The molecule has 0 bridgehead atoms. The van der Waals surface area contributed by atoms with Crippen molar-refractivity contribution in [3.05, 3.63) is 75.4 Å². The number of allylic oxidation sites excluding steroid dienone is 2. The Bertz CT molecular complexity index is 931. The molecule has 0 aromatic heterocycles. The Morgan fingerprint density at radius 2 is 1.85 bits per heavy atom. The Morgan fingerprint density at radius 1 is 1.04 bits per heavy atom. The fraction of sp³-hybridized carbons (Fsp3) is 0.273. The molecule has 1 unspecified atom stereocenters. The highest BCUT2D eigenvalue weighted by molar-refractivity contribution is 9.10. The first-order valence-electron chi connectivity index (χ1n) is 8.96. The minimum atomic E-state index is -0.131. The van der Waals surface area contributed by atoms with Crippen LogP contribution < -0.4 is 4.90 Å².